The standard InChI is InChI=1S/C14H22N4O/c1-10(2)18-7-5-12(15-18)14(19)17-8-11-4-6-16(3)13(11)9-17/h5,7,10-11,13H,4,6,8-9H2,1-3H3/t11-,13+/m0/s1. The predicted octanol–water partition coefficient (Wildman–Crippen LogP) is 1.24. The molecule has 0 unspecified atom stereocenters. The number of carbonyl (C=O) groups excluding carboxylic acids is 1. The second-order valence-corrected chi connectivity index (χ2v) is 6.08. The molecule has 0 saturated carbocycles. The van der Waals surface area contributed by atoms with Gasteiger partial charge in [-0.2, -0.15) is 5.10 Å². The second-order valence-electron chi connectivity index (χ2n) is 6.08. The third-order valence-electron chi connectivity index (χ3n) is 4.47. The monoisotopic (exact) mass is 262 g/mol. The maximum atomic E-state index is 12.5. The van der Waals surface area contributed by atoms with Crippen molar-refractivity contribution in [2.45, 2.75) is 32.4 Å². The zero-order valence-corrected chi connectivity index (χ0v) is 11.9. The number of amides is 1. The van der Waals surface area contributed by atoms with Gasteiger partial charge in [0.05, 0.1) is 0 Å². The quantitative estimate of drug-likeness (QED) is 0.805. The van der Waals surface area contributed by atoms with E-state index < -0.39 is 0 Å². The molecule has 2 aliphatic heterocycles. The van der Waals surface area contributed by atoms with E-state index in [4.69, 9.17) is 0 Å². The molecule has 0 bridgehead atoms. The molecular formula is C14H22N4O. The fourth-order valence-electron chi connectivity index (χ4n) is 3.24. The van der Waals surface area contributed by atoms with Gasteiger partial charge < -0.3 is 9.80 Å². The third-order valence-corrected chi connectivity index (χ3v) is 4.47. The van der Waals surface area contributed by atoms with Crippen LogP contribution in [0.2, 0.25) is 0 Å². The first-order chi connectivity index (χ1) is 9.06. The summed E-state index contributed by atoms with van der Waals surface area (Å²) < 4.78 is 1.84. The Hall–Kier alpha value is -1.36. The van der Waals surface area contributed by atoms with Crippen molar-refractivity contribution in [3.8, 4) is 0 Å². The molecule has 1 amide bonds. The molecule has 3 rings (SSSR count). The predicted molar refractivity (Wildman–Crippen MR) is 73.0 cm³/mol. The highest BCUT2D eigenvalue weighted by atomic mass is 16.2. The highest BCUT2D eigenvalue weighted by molar-refractivity contribution is 5.92. The van der Waals surface area contributed by atoms with Crippen LogP contribution in [0.1, 0.15) is 36.8 Å². The largest absolute Gasteiger partial charge is 0.335 e. The van der Waals surface area contributed by atoms with E-state index in [-0.39, 0.29) is 5.91 Å². The van der Waals surface area contributed by atoms with Gasteiger partial charge >= 0.3 is 0 Å². The zero-order valence-electron chi connectivity index (χ0n) is 11.9. The Labute approximate surface area is 114 Å². The molecule has 0 radical (unpaired) electrons. The van der Waals surface area contributed by atoms with Crippen molar-refractivity contribution in [1.82, 2.24) is 19.6 Å². The van der Waals surface area contributed by atoms with E-state index in [1.54, 1.807) is 0 Å². The molecule has 2 aliphatic rings. The van der Waals surface area contributed by atoms with Crippen LogP contribution < -0.4 is 0 Å². The fourth-order valence-corrected chi connectivity index (χ4v) is 3.24. The molecular weight excluding hydrogens is 240 g/mol. The van der Waals surface area contributed by atoms with Gasteiger partial charge in [0.1, 0.15) is 5.69 Å². The van der Waals surface area contributed by atoms with Crippen LogP contribution in [-0.4, -0.2) is 58.2 Å². The highest BCUT2D eigenvalue weighted by Crippen LogP contribution is 2.30. The lowest BCUT2D eigenvalue weighted by Crippen LogP contribution is -2.35. The van der Waals surface area contributed by atoms with Gasteiger partial charge in [-0.15, -0.1) is 0 Å². The van der Waals surface area contributed by atoms with Gasteiger partial charge in [0.25, 0.3) is 5.91 Å². The van der Waals surface area contributed by atoms with E-state index >= 15 is 0 Å². The first-order valence-electron chi connectivity index (χ1n) is 7.11. The van der Waals surface area contributed by atoms with Crippen molar-refractivity contribution < 1.29 is 4.79 Å². The number of nitrogens with zero attached hydrogens (tertiary/aromatic N) is 4. The Bertz CT molecular complexity index is 482. The number of fused-ring (bicyclic) bond motifs is 1. The number of rotatable bonds is 2. The van der Waals surface area contributed by atoms with Gasteiger partial charge in [-0.3, -0.25) is 9.48 Å². The SMILES string of the molecule is CC(C)n1ccc(C(=O)N2C[C@@H]3CCN(C)[C@@H]3C2)n1. The summed E-state index contributed by atoms with van der Waals surface area (Å²) in [6.07, 6.45) is 3.10. The number of hydrogen-bond donors (Lipinski definition) is 0. The molecule has 19 heavy (non-hydrogen) atoms. The molecule has 0 aliphatic carbocycles. The minimum absolute atomic E-state index is 0.0854. The van der Waals surface area contributed by atoms with Crippen LogP contribution in [0, 0.1) is 5.92 Å². The lowest BCUT2D eigenvalue weighted by atomic mass is 10.1. The summed E-state index contributed by atoms with van der Waals surface area (Å²) in [6, 6.07) is 2.68. The lowest BCUT2D eigenvalue weighted by molar-refractivity contribution is 0.0767. The van der Waals surface area contributed by atoms with E-state index in [1.807, 2.05) is 21.8 Å². The van der Waals surface area contributed by atoms with Crippen molar-refractivity contribution in [1.29, 1.82) is 0 Å². The van der Waals surface area contributed by atoms with Crippen LogP contribution in [0.4, 0.5) is 0 Å². The number of hydrogen-bond acceptors (Lipinski definition) is 3. The van der Waals surface area contributed by atoms with Crippen LogP contribution in [-0.2, 0) is 0 Å². The number of likely N-dealkylation sites (N-methyl/N-ethyl adjacent to an activating group) is 1. The van der Waals surface area contributed by atoms with Gasteiger partial charge in [0.2, 0.25) is 0 Å². The highest BCUT2D eigenvalue weighted by Gasteiger charge is 2.41. The number of carbonyl (C=O) groups is 1. The van der Waals surface area contributed by atoms with Crippen molar-refractivity contribution in [3.05, 3.63) is 18.0 Å². The first-order valence-corrected chi connectivity index (χ1v) is 7.11. The smallest absolute Gasteiger partial charge is 0.274 e. The molecule has 2 saturated heterocycles. The molecule has 2 fully saturated rings. The summed E-state index contributed by atoms with van der Waals surface area (Å²) >= 11 is 0. The molecule has 5 nitrogen and oxygen atoms in total. The Balaban J connectivity index is 1.71. The maximum absolute atomic E-state index is 12.5. The van der Waals surface area contributed by atoms with Crippen LogP contribution >= 0.6 is 0 Å². The van der Waals surface area contributed by atoms with Crippen LogP contribution in [0.3, 0.4) is 0 Å². The molecule has 0 N–H and O–H groups in total. The van der Waals surface area contributed by atoms with Gasteiger partial charge in [0.15, 0.2) is 0 Å². The Kier molecular flexibility index (Phi) is 3.09. The summed E-state index contributed by atoms with van der Waals surface area (Å²) in [5, 5.41) is 4.38. The average Bonchev–Trinajstić information content (AvgIpc) is 3.05. The second kappa shape index (κ2) is 4.63. The molecule has 2 atom stereocenters. The molecule has 104 valence electrons. The first kappa shape index (κ1) is 12.7. The number of aromatic nitrogens is 2. The summed E-state index contributed by atoms with van der Waals surface area (Å²) in [7, 11) is 2.16. The van der Waals surface area contributed by atoms with Gasteiger partial charge in [-0.1, -0.05) is 0 Å². The summed E-state index contributed by atoms with van der Waals surface area (Å²) in [6.45, 7) is 7.04. The van der Waals surface area contributed by atoms with Crippen LogP contribution in [0.5, 0.6) is 0 Å². The summed E-state index contributed by atoms with van der Waals surface area (Å²) in [5.41, 5.74) is 0.580. The molecule has 3 heterocycles. The average molecular weight is 262 g/mol. The maximum Gasteiger partial charge on any atom is 0.274 e. The molecule has 5 heteroatoms. The topological polar surface area (TPSA) is 41.4 Å². The van der Waals surface area contributed by atoms with E-state index in [0.717, 1.165) is 13.1 Å². The molecule has 0 spiro atoms. The zero-order chi connectivity index (χ0) is 13.6. The minimum atomic E-state index is 0.0854. The van der Waals surface area contributed by atoms with Gasteiger partial charge in [-0.05, 0) is 45.8 Å². The van der Waals surface area contributed by atoms with Crippen LogP contribution in [0.25, 0.3) is 0 Å². The lowest BCUT2D eigenvalue weighted by Gasteiger charge is -2.20. The molecule has 0 aromatic carbocycles. The van der Waals surface area contributed by atoms with Gasteiger partial charge in [0, 0.05) is 31.4 Å². The van der Waals surface area contributed by atoms with E-state index in [0.29, 0.717) is 23.7 Å². The van der Waals surface area contributed by atoms with Crippen molar-refractivity contribution in [3.63, 3.8) is 0 Å². The van der Waals surface area contributed by atoms with Gasteiger partial charge in [-0.25, -0.2) is 0 Å². The fraction of sp³-hybridized carbons (Fsp3) is 0.714. The van der Waals surface area contributed by atoms with Crippen LogP contribution in [0.15, 0.2) is 12.3 Å². The van der Waals surface area contributed by atoms with Crippen molar-refractivity contribution >= 4 is 5.91 Å². The van der Waals surface area contributed by atoms with E-state index in [2.05, 4.69) is 30.9 Å². The Morgan fingerprint density at radius 2 is 2.21 bits per heavy atom. The summed E-state index contributed by atoms with van der Waals surface area (Å²) in [4.78, 5) is 16.8. The minimum Gasteiger partial charge on any atom is -0.335 e. The van der Waals surface area contributed by atoms with Crippen molar-refractivity contribution in [2.75, 3.05) is 26.7 Å². The van der Waals surface area contributed by atoms with Crippen molar-refractivity contribution in [2.24, 2.45) is 5.92 Å². The molecule has 1 aromatic heterocycles. The third kappa shape index (κ3) is 2.16. The normalized spacial score (nSPS) is 27.3. The molecule has 1 aromatic rings. The summed E-state index contributed by atoms with van der Waals surface area (Å²) in [5.74, 6) is 0.739. The Morgan fingerprint density at radius 3 is 2.84 bits per heavy atom. The Morgan fingerprint density at radius 1 is 1.42 bits per heavy atom. The van der Waals surface area contributed by atoms with E-state index in [9.17, 15) is 4.79 Å². The number of likely N-dealkylation sites (tertiary alicyclic amines) is 2. The van der Waals surface area contributed by atoms with E-state index in [1.165, 1.54) is 13.0 Å².